The number of fused-ring (bicyclic) bond motifs is 1. The van der Waals surface area contributed by atoms with Gasteiger partial charge in [0.2, 0.25) is 5.91 Å². The van der Waals surface area contributed by atoms with Crippen LogP contribution in [-0.4, -0.2) is 54.7 Å². The average Bonchev–Trinajstić information content (AvgIpc) is 3.26. The summed E-state index contributed by atoms with van der Waals surface area (Å²) in [7, 11) is 0. The SMILES string of the molecule is C=C(CC(NC(=O)CCc1nc2ccc(C(C)C)cc2s1)C1CCOCC1)CN1CCCCC1. The van der Waals surface area contributed by atoms with E-state index in [1.807, 2.05) is 0 Å². The lowest BCUT2D eigenvalue weighted by Gasteiger charge is -2.33. The molecule has 2 fully saturated rings. The molecule has 1 atom stereocenters. The molecular formula is C28H41N3O2S. The van der Waals surface area contributed by atoms with Crippen molar-refractivity contribution in [2.45, 2.75) is 77.2 Å². The third-order valence-electron chi connectivity index (χ3n) is 7.28. The Morgan fingerprint density at radius 3 is 2.74 bits per heavy atom. The molecule has 3 heterocycles. The summed E-state index contributed by atoms with van der Waals surface area (Å²) in [6.07, 6.45) is 7.99. The number of nitrogens with one attached hydrogen (secondary N) is 1. The number of ether oxygens (including phenoxy) is 1. The van der Waals surface area contributed by atoms with Crippen LogP contribution in [0.25, 0.3) is 10.2 Å². The summed E-state index contributed by atoms with van der Waals surface area (Å²) < 4.78 is 6.81. The number of nitrogens with zero attached hydrogens (tertiary/aromatic N) is 2. The second-order valence-electron chi connectivity index (χ2n) is 10.4. The Morgan fingerprint density at radius 2 is 2.00 bits per heavy atom. The number of aryl methyl sites for hydroxylation is 1. The number of aromatic nitrogens is 1. The van der Waals surface area contributed by atoms with E-state index in [9.17, 15) is 4.79 Å². The number of carbonyl (C=O) groups is 1. The first kappa shape index (κ1) is 25.3. The van der Waals surface area contributed by atoms with E-state index in [2.05, 4.69) is 48.8 Å². The molecule has 0 bridgehead atoms. The van der Waals surface area contributed by atoms with E-state index in [0.29, 0.717) is 24.7 Å². The molecule has 0 spiro atoms. The van der Waals surface area contributed by atoms with Gasteiger partial charge >= 0.3 is 0 Å². The predicted octanol–water partition coefficient (Wildman–Crippen LogP) is 5.70. The van der Waals surface area contributed by atoms with Gasteiger partial charge in [-0.15, -0.1) is 11.3 Å². The van der Waals surface area contributed by atoms with Crippen molar-refractivity contribution in [1.29, 1.82) is 0 Å². The molecule has 2 saturated heterocycles. The number of hydrogen-bond acceptors (Lipinski definition) is 5. The van der Waals surface area contributed by atoms with Gasteiger partial charge in [0.1, 0.15) is 0 Å². The van der Waals surface area contributed by atoms with Crippen LogP contribution in [0, 0.1) is 5.92 Å². The highest BCUT2D eigenvalue weighted by Crippen LogP contribution is 2.27. The Labute approximate surface area is 209 Å². The van der Waals surface area contributed by atoms with Crippen molar-refractivity contribution < 1.29 is 9.53 Å². The highest BCUT2D eigenvalue weighted by molar-refractivity contribution is 7.18. The standard InChI is InChI=1S/C28H41N3O2S/c1-20(2)23-7-8-24-26(18-23)34-28(30-24)10-9-27(32)29-25(22-11-15-33-16-12-22)17-21(3)19-31-13-5-4-6-14-31/h7-8,18,20,22,25H,3-6,9-17,19H2,1-2H3,(H,29,32). The second kappa shape index (κ2) is 12.3. The molecule has 2 aromatic rings. The van der Waals surface area contributed by atoms with Crippen molar-refractivity contribution in [3.63, 3.8) is 0 Å². The summed E-state index contributed by atoms with van der Waals surface area (Å²) in [5, 5.41) is 4.43. The number of benzene rings is 1. The van der Waals surface area contributed by atoms with Gasteiger partial charge < -0.3 is 10.1 Å². The predicted molar refractivity (Wildman–Crippen MR) is 142 cm³/mol. The van der Waals surface area contributed by atoms with Crippen molar-refractivity contribution in [2.24, 2.45) is 5.92 Å². The normalized spacial score (nSPS) is 18.9. The zero-order valence-corrected chi connectivity index (χ0v) is 21.8. The van der Waals surface area contributed by atoms with Gasteiger partial charge in [0.25, 0.3) is 0 Å². The Balaban J connectivity index is 1.33. The zero-order chi connectivity index (χ0) is 23.9. The smallest absolute Gasteiger partial charge is 0.220 e. The summed E-state index contributed by atoms with van der Waals surface area (Å²) in [6.45, 7) is 13.7. The Kier molecular flexibility index (Phi) is 9.15. The van der Waals surface area contributed by atoms with E-state index in [0.717, 1.165) is 49.5 Å². The third kappa shape index (κ3) is 7.12. The van der Waals surface area contributed by atoms with Crippen LogP contribution in [0.4, 0.5) is 0 Å². The minimum atomic E-state index is 0.129. The van der Waals surface area contributed by atoms with Crippen molar-refractivity contribution in [1.82, 2.24) is 15.2 Å². The third-order valence-corrected chi connectivity index (χ3v) is 8.35. The van der Waals surface area contributed by atoms with Crippen LogP contribution in [0.15, 0.2) is 30.4 Å². The molecule has 0 aliphatic carbocycles. The molecule has 4 rings (SSSR count). The number of rotatable bonds is 10. The van der Waals surface area contributed by atoms with Gasteiger partial charge in [-0.2, -0.15) is 0 Å². The lowest BCUT2D eigenvalue weighted by atomic mass is 9.87. The first-order chi connectivity index (χ1) is 16.5. The fourth-order valence-electron chi connectivity index (χ4n) is 5.22. The lowest BCUT2D eigenvalue weighted by molar-refractivity contribution is -0.122. The molecule has 5 nitrogen and oxygen atoms in total. The summed E-state index contributed by atoms with van der Waals surface area (Å²) in [5.74, 6) is 1.10. The molecule has 1 amide bonds. The Morgan fingerprint density at radius 1 is 1.24 bits per heavy atom. The molecule has 1 aromatic heterocycles. The van der Waals surface area contributed by atoms with Gasteiger partial charge in [-0.05, 0) is 74.7 Å². The molecule has 1 aromatic carbocycles. The highest BCUT2D eigenvalue weighted by atomic mass is 32.1. The highest BCUT2D eigenvalue weighted by Gasteiger charge is 2.26. The van der Waals surface area contributed by atoms with Gasteiger partial charge in [0.05, 0.1) is 15.2 Å². The zero-order valence-electron chi connectivity index (χ0n) is 21.0. The molecule has 186 valence electrons. The monoisotopic (exact) mass is 483 g/mol. The van der Waals surface area contributed by atoms with Crippen LogP contribution in [0.3, 0.4) is 0 Å². The molecule has 0 radical (unpaired) electrons. The van der Waals surface area contributed by atoms with Crippen molar-refractivity contribution in [3.8, 4) is 0 Å². The van der Waals surface area contributed by atoms with Crippen LogP contribution < -0.4 is 5.32 Å². The summed E-state index contributed by atoms with van der Waals surface area (Å²) in [4.78, 5) is 20.3. The largest absolute Gasteiger partial charge is 0.381 e. The maximum absolute atomic E-state index is 13.0. The van der Waals surface area contributed by atoms with E-state index in [4.69, 9.17) is 9.72 Å². The first-order valence-electron chi connectivity index (χ1n) is 13.1. The Bertz CT molecular complexity index is 958. The number of amides is 1. The molecular weight excluding hydrogens is 442 g/mol. The lowest BCUT2D eigenvalue weighted by Crippen LogP contribution is -2.43. The van der Waals surface area contributed by atoms with Crippen LogP contribution in [0.1, 0.15) is 75.3 Å². The van der Waals surface area contributed by atoms with Crippen LogP contribution in [-0.2, 0) is 16.0 Å². The maximum Gasteiger partial charge on any atom is 0.220 e. The number of piperidine rings is 1. The number of hydrogen-bond donors (Lipinski definition) is 1. The summed E-state index contributed by atoms with van der Waals surface area (Å²) in [5.41, 5.74) is 3.62. The van der Waals surface area contributed by atoms with E-state index < -0.39 is 0 Å². The quantitative estimate of drug-likeness (QED) is 0.441. The maximum atomic E-state index is 13.0. The molecule has 0 saturated carbocycles. The topological polar surface area (TPSA) is 54.5 Å². The van der Waals surface area contributed by atoms with E-state index in [1.54, 1.807) is 11.3 Å². The van der Waals surface area contributed by atoms with E-state index >= 15 is 0 Å². The molecule has 1 unspecified atom stereocenters. The average molecular weight is 484 g/mol. The van der Waals surface area contributed by atoms with Crippen LogP contribution >= 0.6 is 11.3 Å². The fraction of sp³-hybridized carbons (Fsp3) is 0.643. The number of thiazole rings is 1. The van der Waals surface area contributed by atoms with E-state index in [1.165, 1.54) is 48.2 Å². The molecule has 1 N–H and O–H groups in total. The molecule has 34 heavy (non-hydrogen) atoms. The summed E-state index contributed by atoms with van der Waals surface area (Å²) in [6, 6.07) is 6.67. The fourth-order valence-corrected chi connectivity index (χ4v) is 6.23. The van der Waals surface area contributed by atoms with Crippen molar-refractivity contribution >= 4 is 27.5 Å². The van der Waals surface area contributed by atoms with Gasteiger partial charge in [0, 0.05) is 38.6 Å². The van der Waals surface area contributed by atoms with Crippen molar-refractivity contribution in [3.05, 3.63) is 40.9 Å². The van der Waals surface area contributed by atoms with Crippen LogP contribution in [0.5, 0.6) is 0 Å². The molecule has 6 heteroatoms. The number of carbonyl (C=O) groups excluding carboxylic acids is 1. The summed E-state index contributed by atoms with van der Waals surface area (Å²) >= 11 is 1.72. The molecule has 2 aliphatic rings. The van der Waals surface area contributed by atoms with Crippen LogP contribution in [0.2, 0.25) is 0 Å². The van der Waals surface area contributed by atoms with Gasteiger partial charge in [-0.25, -0.2) is 4.98 Å². The van der Waals surface area contributed by atoms with E-state index in [-0.39, 0.29) is 11.9 Å². The van der Waals surface area contributed by atoms with Crippen molar-refractivity contribution in [2.75, 3.05) is 32.8 Å². The molecule has 2 aliphatic heterocycles. The second-order valence-corrected chi connectivity index (χ2v) is 11.5. The Hall–Kier alpha value is -1.76. The minimum absolute atomic E-state index is 0.129. The van der Waals surface area contributed by atoms with Gasteiger partial charge in [-0.3, -0.25) is 9.69 Å². The van der Waals surface area contributed by atoms with Gasteiger partial charge in [0.15, 0.2) is 0 Å². The first-order valence-corrected chi connectivity index (χ1v) is 13.9. The number of likely N-dealkylation sites (tertiary alicyclic amines) is 1. The van der Waals surface area contributed by atoms with Gasteiger partial charge in [-0.1, -0.05) is 38.5 Å². The minimum Gasteiger partial charge on any atom is -0.381 e.